The summed E-state index contributed by atoms with van der Waals surface area (Å²) in [7, 11) is 0. The number of hydrogen-bond donors (Lipinski definition) is 3. The van der Waals surface area contributed by atoms with E-state index in [0.29, 0.717) is 12.3 Å². The Morgan fingerprint density at radius 2 is 1.82 bits per heavy atom. The maximum Gasteiger partial charge on any atom is 0.248 e. The molecule has 0 aromatic rings. The summed E-state index contributed by atoms with van der Waals surface area (Å²) in [6, 6.07) is 0. The highest BCUT2D eigenvalue weighted by Crippen LogP contribution is 2.25. The second kappa shape index (κ2) is 7.27. The zero-order valence-corrected chi connectivity index (χ0v) is 10.2. The Morgan fingerprint density at radius 1 is 1.24 bits per heavy atom. The zero-order valence-electron chi connectivity index (χ0n) is 10.2. The van der Waals surface area contributed by atoms with E-state index in [9.17, 15) is 9.59 Å². The van der Waals surface area contributed by atoms with E-state index in [0.717, 1.165) is 12.8 Å². The standard InChI is InChI=1S/C12H22N2O3/c13-12(17)10(15)8-14-11(16)7-9-5-3-1-2-4-6-9/h9-10,15H,1-8H2,(H2,13,17)(H,14,16). The highest BCUT2D eigenvalue weighted by Gasteiger charge is 2.17. The predicted molar refractivity (Wildman–Crippen MR) is 64.0 cm³/mol. The van der Waals surface area contributed by atoms with Gasteiger partial charge in [-0.1, -0.05) is 25.7 Å². The van der Waals surface area contributed by atoms with Crippen LogP contribution in [0.1, 0.15) is 44.9 Å². The minimum Gasteiger partial charge on any atom is -0.381 e. The van der Waals surface area contributed by atoms with Crippen LogP contribution in [0.2, 0.25) is 0 Å². The number of rotatable bonds is 5. The Morgan fingerprint density at radius 3 is 2.35 bits per heavy atom. The van der Waals surface area contributed by atoms with Gasteiger partial charge in [0, 0.05) is 6.42 Å². The molecule has 1 aliphatic carbocycles. The molecule has 0 aliphatic heterocycles. The van der Waals surface area contributed by atoms with Crippen molar-refractivity contribution in [2.24, 2.45) is 11.7 Å². The van der Waals surface area contributed by atoms with Crippen molar-refractivity contribution in [1.29, 1.82) is 0 Å². The van der Waals surface area contributed by atoms with Crippen LogP contribution in [-0.4, -0.2) is 29.6 Å². The van der Waals surface area contributed by atoms with Gasteiger partial charge in [0.15, 0.2) is 0 Å². The maximum absolute atomic E-state index is 11.6. The van der Waals surface area contributed by atoms with E-state index in [-0.39, 0.29) is 12.5 Å². The summed E-state index contributed by atoms with van der Waals surface area (Å²) in [5, 5.41) is 11.7. The Bertz CT molecular complexity index is 260. The van der Waals surface area contributed by atoms with Crippen LogP contribution in [-0.2, 0) is 9.59 Å². The van der Waals surface area contributed by atoms with Gasteiger partial charge in [-0.25, -0.2) is 0 Å². The largest absolute Gasteiger partial charge is 0.381 e. The lowest BCUT2D eigenvalue weighted by Gasteiger charge is -2.14. The van der Waals surface area contributed by atoms with Crippen molar-refractivity contribution in [2.75, 3.05) is 6.54 Å². The molecule has 0 radical (unpaired) electrons. The first kappa shape index (κ1) is 14.0. The van der Waals surface area contributed by atoms with Crippen LogP contribution in [0.4, 0.5) is 0 Å². The van der Waals surface area contributed by atoms with Gasteiger partial charge in [0.2, 0.25) is 11.8 Å². The summed E-state index contributed by atoms with van der Waals surface area (Å²) in [5.41, 5.74) is 4.89. The molecule has 1 unspecified atom stereocenters. The third-order valence-electron chi connectivity index (χ3n) is 3.27. The molecule has 1 saturated carbocycles. The summed E-state index contributed by atoms with van der Waals surface area (Å²) >= 11 is 0. The van der Waals surface area contributed by atoms with Gasteiger partial charge in [-0.3, -0.25) is 9.59 Å². The summed E-state index contributed by atoms with van der Waals surface area (Å²) < 4.78 is 0. The van der Waals surface area contributed by atoms with E-state index >= 15 is 0 Å². The average Bonchev–Trinajstić information content (AvgIpc) is 2.54. The third kappa shape index (κ3) is 5.68. The monoisotopic (exact) mass is 242 g/mol. The number of amides is 2. The average molecular weight is 242 g/mol. The van der Waals surface area contributed by atoms with Crippen molar-refractivity contribution in [3.63, 3.8) is 0 Å². The van der Waals surface area contributed by atoms with Gasteiger partial charge >= 0.3 is 0 Å². The maximum atomic E-state index is 11.6. The Kier molecular flexibility index (Phi) is 5.97. The van der Waals surface area contributed by atoms with Crippen molar-refractivity contribution in [3.8, 4) is 0 Å². The topological polar surface area (TPSA) is 92.4 Å². The van der Waals surface area contributed by atoms with Crippen molar-refractivity contribution in [3.05, 3.63) is 0 Å². The van der Waals surface area contributed by atoms with Gasteiger partial charge in [0.05, 0.1) is 6.54 Å². The predicted octanol–water partition coefficient (Wildman–Crippen LogP) is 0.309. The minimum absolute atomic E-state index is 0.0825. The molecular weight excluding hydrogens is 220 g/mol. The number of carbonyl (C=O) groups excluding carboxylic acids is 2. The Labute approximate surface area is 102 Å². The molecule has 0 spiro atoms. The summed E-state index contributed by atoms with van der Waals surface area (Å²) in [6.07, 6.45) is 6.33. The number of hydrogen-bond acceptors (Lipinski definition) is 3. The molecule has 0 heterocycles. The molecular formula is C12H22N2O3. The van der Waals surface area contributed by atoms with Crippen LogP contribution >= 0.6 is 0 Å². The third-order valence-corrected chi connectivity index (χ3v) is 3.27. The van der Waals surface area contributed by atoms with E-state index in [1.165, 1.54) is 25.7 Å². The first-order chi connectivity index (χ1) is 8.09. The fourth-order valence-corrected chi connectivity index (χ4v) is 2.21. The van der Waals surface area contributed by atoms with E-state index in [1.54, 1.807) is 0 Å². The Balaban J connectivity index is 2.21. The molecule has 0 aromatic heterocycles. The van der Waals surface area contributed by atoms with E-state index in [1.807, 2.05) is 0 Å². The molecule has 17 heavy (non-hydrogen) atoms. The van der Waals surface area contributed by atoms with E-state index in [4.69, 9.17) is 10.8 Å². The number of primary amides is 1. The van der Waals surface area contributed by atoms with Gasteiger partial charge in [0.1, 0.15) is 6.10 Å². The molecule has 0 saturated heterocycles. The summed E-state index contributed by atoms with van der Waals surface area (Å²) in [4.78, 5) is 22.1. The molecule has 5 heteroatoms. The number of carbonyl (C=O) groups is 2. The second-order valence-corrected chi connectivity index (χ2v) is 4.78. The van der Waals surface area contributed by atoms with Gasteiger partial charge in [0.25, 0.3) is 0 Å². The van der Waals surface area contributed by atoms with Gasteiger partial charge in [-0.2, -0.15) is 0 Å². The lowest BCUT2D eigenvalue weighted by molar-refractivity contribution is -0.127. The van der Waals surface area contributed by atoms with E-state index < -0.39 is 12.0 Å². The SMILES string of the molecule is NC(=O)C(O)CNC(=O)CC1CCCCCC1. The van der Waals surface area contributed by atoms with Crippen LogP contribution in [0.3, 0.4) is 0 Å². The molecule has 1 aliphatic rings. The van der Waals surface area contributed by atoms with Crippen molar-refractivity contribution >= 4 is 11.8 Å². The first-order valence-corrected chi connectivity index (χ1v) is 6.33. The molecule has 0 bridgehead atoms. The first-order valence-electron chi connectivity index (χ1n) is 6.33. The van der Waals surface area contributed by atoms with Crippen LogP contribution < -0.4 is 11.1 Å². The second-order valence-electron chi connectivity index (χ2n) is 4.78. The molecule has 2 amide bonds. The normalized spacial score (nSPS) is 19.4. The highest BCUT2D eigenvalue weighted by molar-refractivity contribution is 5.81. The Hall–Kier alpha value is -1.10. The lowest BCUT2D eigenvalue weighted by Crippen LogP contribution is -2.40. The fourth-order valence-electron chi connectivity index (χ4n) is 2.21. The van der Waals surface area contributed by atoms with E-state index in [2.05, 4.69) is 5.32 Å². The summed E-state index contributed by atoms with van der Waals surface area (Å²) in [6.45, 7) is -0.0825. The summed E-state index contributed by atoms with van der Waals surface area (Å²) in [5.74, 6) is -0.458. The van der Waals surface area contributed by atoms with Crippen LogP contribution in [0.25, 0.3) is 0 Å². The lowest BCUT2D eigenvalue weighted by atomic mass is 9.96. The molecule has 1 atom stereocenters. The quantitative estimate of drug-likeness (QED) is 0.606. The molecule has 4 N–H and O–H groups in total. The molecule has 1 fully saturated rings. The number of aliphatic hydroxyl groups excluding tert-OH is 1. The molecule has 0 aromatic carbocycles. The molecule has 1 rings (SSSR count). The van der Waals surface area contributed by atoms with Crippen LogP contribution in [0.5, 0.6) is 0 Å². The molecule has 98 valence electrons. The number of nitrogens with one attached hydrogen (secondary N) is 1. The van der Waals surface area contributed by atoms with Gasteiger partial charge in [-0.15, -0.1) is 0 Å². The number of aliphatic hydroxyl groups is 1. The highest BCUT2D eigenvalue weighted by atomic mass is 16.3. The minimum atomic E-state index is -1.28. The van der Waals surface area contributed by atoms with Crippen LogP contribution in [0.15, 0.2) is 0 Å². The smallest absolute Gasteiger partial charge is 0.248 e. The van der Waals surface area contributed by atoms with Gasteiger partial charge in [-0.05, 0) is 18.8 Å². The van der Waals surface area contributed by atoms with Crippen LogP contribution in [0, 0.1) is 5.92 Å². The van der Waals surface area contributed by atoms with Gasteiger partial charge < -0.3 is 16.2 Å². The fraction of sp³-hybridized carbons (Fsp3) is 0.833. The number of nitrogens with two attached hydrogens (primary N) is 1. The molecule has 5 nitrogen and oxygen atoms in total. The van der Waals surface area contributed by atoms with Crippen molar-refractivity contribution in [1.82, 2.24) is 5.32 Å². The van der Waals surface area contributed by atoms with Crippen molar-refractivity contribution in [2.45, 2.75) is 51.0 Å². The zero-order chi connectivity index (χ0) is 12.7. The van der Waals surface area contributed by atoms with Crippen molar-refractivity contribution < 1.29 is 14.7 Å².